The number of aromatic nitrogens is 1. The Bertz CT molecular complexity index is 776. The van der Waals surface area contributed by atoms with Crippen LogP contribution in [0, 0.1) is 5.92 Å². The average Bonchev–Trinajstić information content (AvgIpc) is 3.06. The van der Waals surface area contributed by atoms with Crippen LogP contribution in [0.15, 0.2) is 39.7 Å². The molecule has 1 saturated carbocycles. The third-order valence-corrected chi connectivity index (χ3v) is 5.79. The molecule has 5 heteroatoms. The largest absolute Gasteiger partial charge is 0.497 e. The van der Waals surface area contributed by atoms with Crippen molar-refractivity contribution in [2.75, 3.05) is 14.2 Å². The van der Waals surface area contributed by atoms with Crippen LogP contribution in [0.5, 0.6) is 5.75 Å². The van der Waals surface area contributed by atoms with Crippen LogP contribution in [0.3, 0.4) is 0 Å². The highest BCUT2D eigenvalue weighted by atomic mass is 32.1. The normalized spacial score (nSPS) is 18.4. The molecule has 1 aliphatic carbocycles. The summed E-state index contributed by atoms with van der Waals surface area (Å²) in [5.74, 6) is 1.75. The SMILES string of the molecule is CCCC1CCC(=Nn2c(-c3ccc(OC)cc3)csc2=NC)CC1. The third-order valence-electron chi connectivity index (χ3n) is 4.88. The Kier molecular flexibility index (Phi) is 6.08. The van der Waals surface area contributed by atoms with Gasteiger partial charge in [-0.2, -0.15) is 5.10 Å². The van der Waals surface area contributed by atoms with Gasteiger partial charge in [0, 0.05) is 23.7 Å². The van der Waals surface area contributed by atoms with E-state index in [1.54, 1.807) is 18.4 Å². The minimum atomic E-state index is 0.867. The summed E-state index contributed by atoms with van der Waals surface area (Å²) in [4.78, 5) is 5.35. The van der Waals surface area contributed by atoms with Gasteiger partial charge in [-0.05, 0) is 55.9 Å². The van der Waals surface area contributed by atoms with E-state index in [-0.39, 0.29) is 0 Å². The topological polar surface area (TPSA) is 38.9 Å². The molecule has 2 aromatic rings. The van der Waals surface area contributed by atoms with Crippen molar-refractivity contribution < 1.29 is 4.74 Å². The lowest BCUT2D eigenvalue weighted by molar-refractivity contribution is 0.407. The zero-order valence-corrected chi connectivity index (χ0v) is 16.2. The van der Waals surface area contributed by atoms with Crippen molar-refractivity contribution in [1.29, 1.82) is 0 Å². The van der Waals surface area contributed by atoms with Crippen molar-refractivity contribution >= 4 is 17.0 Å². The molecular weight excluding hydrogens is 330 g/mol. The van der Waals surface area contributed by atoms with Crippen molar-refractivity contribution in [3.05, 3.63) is 34.4 Å². The van der Waals surface area contributed by atoms with Crippen molar-refractivity contribution in [1.82, 2.24) is 4.68 Å². The van der Waals surface area contributed by atoms with Crippen LogP contribution in [-0.4, -0.2) is 24.5 Å². The molecule has 1 aliphatic rings. The lowest BCUT2D eigenvalue weighted by atomic mass is 9.85. The fourth-order valence-electron chi connectivity index (χ4n) is 3.46. The van der Waals surface area contributed by atoms with Gasteiger partial charge in [-0.15, -0.1) is 11.3 Å². The van der Waals surface area contributed by atoms with E-state index in [0.29, 0.717) is 0 Å². The number of rotatable bonds is 5. The van der Waals surface area contributed by atoms with E-state index in [2.05, 4.69) is 29.4 Å². The number of methoxy groups -OCH3 is 1. The van der Waals surface area contributed by atoms with E-state index >= 15 is 0 Å². The Morgan fingerprint density at radius 3 is 2.52 bits per heavy atom. The van der Waals surface area contributed by atoms with Crippen molar-refractivity contribution in [3.63, 3.8) is 0 Å². The highest BCUT2D eigenvalue weighted by Gasteiger charge is 2.18. The lowest BCUT2D eigenvalue weighted by Crippen LogP contribution is -2.18. The van der Waals surface area contributed by atoms with Gasteiger partial charge >= 0.3 is 0 Å². The fraction of sp³-hybridized carbons (Fsp3) is 0.500. The Morgan fingerprint density at radius 1 is 1.20 bits per heavy atom. The smallest absolute Gasteiger partial charge is 0.205 e. The van der Waals surface area contributed by atoms with Crippen LogP contribution in [0.25, 0.3) is 11.3 Å². The number of nitrogens with zero attached hydrogens (tertiary/aromatic N) is 3. The number of ether oxygens (including phenoxy) is 1. The molecule has 0 N–H and O–H groups in total. The zero-order valence-electron chi connectivity index (χ0n) is 15.4. The standard InChI is InChI=1S/C20H27N3OS/c1-4-5-15-6-10-17(11-7-15)22-23-19(14-25-20(23)21-2)16-8-12-18(24-3)13-9-16/h8-9,12-15H,4-7,10-11H2,1-3H3. The molecule has 1 aromatic heterocycles. The first-order valence-corrected chi connectivity index (χ1v) is 9.97. The predicted octanol–water partition coefficient (Wildman–Crippen LogP) is 4.95. The lowest BCUT2D eigenvalue weighted by Gasteiger charge is -2.22. The molecule has 0 saturated heterocycles. The maximum Gasteiger partial charge on any atom is 0.205 e. The summed E-state index contributed by atoms with van der Waals surface area (Å²) < 4.78 is 7.28. The maximum absolute atomic E-state index is 5.26. The van der Waals surface area contributed by atoms with Gasteiger partial charge in [0.05, 0.1) is 12.8 Å². The number of hydrogen-bond donors (Lipinski definition) is 0. The van der Waals surface area contributed by atoms with Crippen molar-refractivity contribution in [2.24, 2.45) is 16.0 Å². The van der Waals surface area contributed by atoms with E-state index in [1.165, 1.54) is 31.4 Å². The number of benzene rings is 1. The minimum Gasteiger partial charge on any atom is -0.497 e. The van der Waals surface area contributed by atoms with E-state index in [4.69, 9.17) is 9.84 Å². The first kappa shape index (κ1) is 17.9. The second kappa shape index (κ2) is 8.48. The van der Waals surface area contributed by atoms with Crippen LogP contribution in [0.1, 0.15) is 45.4 Å². The first-order chi connectivity index (χ1) is 12.2. The van der Waals surface area contributed by atoms with Crippen LogP contribution in [0.2, 0.25) is 0 Å². The van der Waals surface area contributed by atoms with E-state index < -0.39 is 0 Å². The molecule has 3 rings (SSSR count). The molecular formula is C20H27N3OS. The Hall–Kier alpha value is -1.88. The van der Waals surface area contributed by atoms with Gasteiger partial charge in [0.25, 0.3) is 0 Å². The quantitative estimate of drug-likeness (QED) is 0.746. The van der Waals surface area contributed by atoms with Crippen molar-refractivity contribution in [2.45, 2.75) is 45.4 Å². The van der Waals surface area contributed by atoms with Gasteiger partial charge in [0.2, 0.25) is 4.80 Å². The summed E-state index contributed by atoms with van der Waals surface area (Å²) in [6, 6.07) is 8.14. The molecule has 0 unspecified atom stereocenters. The maximum atomic E-state index is 5.26. The Labute approximate surface area is 153 Å². The summed E-state index contributed by atoms with van der Waals surface area (Å²) in [5.41, 5.74) is 3.53. The average molecular weight is 358 g/mol. The summed E-state index contributed by atoms with van der Waals surface area (Å²) in [6.45, 7) is 2.28. The van der Waals surface area contributed by atoms with E-state index in [1.807, 2.05) is 23.9 Å². The second-order valence-corrected chi connectivity index (χ2v) is 7.40. The summed E-state index contributed by atoms with van der Waals surface area (Å²) in [6.07, 6.45) is 7.40. The monoisotopic (exact) mass is 357 g/mol. The van der Waals surface area contributed by atoms with Crippen molar-refractivity contribution in [3.8, 4) is 17.0 Å². The third kappa shape index (κ3) is 4.21. The summed E-state index contributed by atoms with van der Waals surface area (Å²) >= 11 is 1.64. The number of thiazole rings is 1. The van der Waals surface area contributed by atoms with Gasteiger partial charge in [-0.25, -0.2) is 4.68 Å². The molecule has 0 atom stereocenters. The Morgan fingerprint density at radius 2 is 1.92 bits per heavy atom. The van der Waals surface area contributed by atoms with Gasteiger partial charge in [-0.3, -0.25) is 4.99 Å². The zero-order chi connectivity index (χ0) is 17.6. The van der Waals surface area contributed by atoms with E-state index in [0.717, 1.165) is 40.6 Å². The molecule has 0 radical (unpaired) electrons. The predicted molar refractivity (Wildman–Crippen MR) is 105 cm³/mol. The molecule has 1 heterocycles. The molecule has 0 aliphatic heterocycles. The van der Waals surface area contributed by atoms with Gasteiger partial charge in [0.15, 0.2) is 0 Å². The van der Waals surface area contributed by atoms with Gasteiger partial charge in [-0.1, -0.05) is 19.8 Å². The van der Waals surface area contributed by atoms with Crippen LogP contribution >= 0.6 is 11.3 Å². The summed E-state index contributed by atoms with van der Waals surface area (Å²) in [7, 11) is 3.52. The van der Waals surface area contributed by atoms with Gasteiger partial charge in [0.1, 0.15) is 5.75 Å². The molecule has 1 fully saturated rings. The van der Waals surface area contributed by atoms with Crippen LogP contribution < -0.4 is 9.54 Å². The van der Waals surface area contributed by atoms with Crippen LogP contribution in [-0.2, 0) is 0 Å². The fourth-order valence-corrected chi connectivity index (χ4v) is 4.25. The van der Waals surface area contributed by atoms with Gasteiger partial charge < -0.3 is 4.74 Å². The molecule has 0 bridgehead atoms. The highest BCUT2D eigenvalue weighted by Crippen LogP contribution is 2.27. The van der Waals surface area contributed by atoms with E-state index in [9.17, 15) is 0 Å². The molecule has 0 amide bonds. The minimum absolute atomic E-state index is 0.867. The second-order valence-electron chi connectivity index (χ2n) is 6.57. The highest BCUT2D eigenvalue weighted by molar-refractivity contribution is 7.07. The Balaban J connectivity index is 1.88. The molecule has 134 valence electrons. The summed E-state index contributed by atoms with van der Waals surface area (Å²) in [5, 5.41) is 7.12. The first-order valence-electron chi connectivity index (χ1n) is 9.09. The molecule has 25 heavy (non-hydrogen) atoms. The molecule has 4 nitrogen and oxygen atoms in total. The molecule has 0 spiro atoms. The molecule has 1 aromatic carbocycles. The number of hydrogen-bond acceptors (Lipinski definition) is 4. The van der Waals surface area contributed by atoms with Crippen LogP contribution in [0.4, 0.5) is 0 Å².